The van der Waals surface area contributed by atoms with Gasteiger partial charge < -0.3 is 16.0 Å². The summed E-state index contributed by atoms with van der Waals surface area (Å²) in [4.78, 5) is 23.2. The second-order valence-corrected chi connectivity index (χ2v) is 5.03. The molecule has 0 bridgehead atoms. The van der Waals surface area contributed by atoms with Crippen molar-refractivity contribution in [1.82, 2.24) is 16.0 Å². The Labute approximate surface area is 109 Å². The highest BCUT2D eigenvalue weighted by molar-refractivity contribution is 5.82. The van der Waals surface area contributed by atoms with Crippen LogP contribution in [0.25, 0.3) is 0 Å². The molecular formula is C13H25N3O2. The molecule has 1 aliphatic heterocycles. The molecule has 1 saturated heterocycles. The van der Waals surface area contributed by atoms with Crippen LogP contribution in [0, 0.1) is 5.92 Å². The standard InChI is InChI=1S/C13H25N3O2/c1-3-6-15-12(17)5-8-16-13(18)11-9-10(2)4-7-14-11/h10-11,14H,3-9H2,1-2H3,(H,15,17)(H,16,18). The predicted octanol–water partition coefficient (Wildman–Crippen LogP) is 0.407. The minimum Gasteiger partial charge on any atom is -0.356 e. The van der Waals surface area contributed by atoms with E-state index < -0.39 is 0 Å². The van der Waals surface area contributed by atoms with Crippen LogP contribution in [0.1, 0.15) is 39.5 Å². The van der Waals surface area contributed by atoms with Gasteiger partial charge in [0.1, 0.15) is 0 Å². The summed E-state index contributed by atoms with van der Waals surface area (Å²) in [5, 5.41) is 8.81. The highest BCUT2D eigenvalue weighted by Gasteiger charge is 2.24. The number of rotatable bonds is 6. The molecule has 5 nitrogen and oxygen atoms in total. The maximum absolute atomic E-state index is 11.8. The van der Waals surface area contributed by atoms with E-state index in [0.717, 1.165) is 25.8 Å². The molecule has 0 spiro atoms. The van der Waals surface area contributed by atoms with Gasteiger partial charge in [-0.1, -0.05) is 13.8 Å². The molecule has 0 aliphatic carbocycles. The summed E-state index contributed by atoms with van der Waals surface area (Å²) in [6, 6.07) is -0.0903. The topological polar surface area (TPSA) is 70.2 Å². The third-order valence-electron chi connectivity index (χ3n) is 3.21. The average molecular weight is 255 g/mol. The van der Waals surface area contributed by atoms with Gasteiger partial charge in [0, 0.05) is 19.5 Å². The summed E-state index contributed by atoms with van der Waals surface area (Å²) in [6.45, 7) is 6.20. The predicted molar refractivity (Wildman–Crippen MR) is 71.1 cm³/mol. The van der Waals surface area contributed by atoms with E-state index in [1.165, 1.54) is 0 Å². The van der Waals surface area contributed by atoms with Gasteiger partial charge in [-0.15, -0.1) is 0 Å². The lowest BCUT2D eigenvalue weighted by Crippen LogP contribution is -2.48. The van der Waals surface area contributed by atoms with Crippen LogP contribution in [-0.2, 0) is 9.59 Å². The van der Waals surface area contributed by atoms with Crippen LogP contribution in [0.15, 0.2) is 0 Å². The Morgan fingerprint density at radius 2 is 2.06 bits per heavy atom. The quantitative estimate of drug-likeness (QED) is 0.644. The van der Waals surface area contributed by atoms with Gasteiger partial charge >= 0.3 is 0 Å². The van der Waals surface area contributed by atoms with Crippen molar-refractivity contribution in [2.45, 2.75) is 45.6 Å². The normalized spacial score (nSPS) is 23.4. The molecule has 1 heterocycles. The Morgan fingerprint density at radius 1 is 1.28 bits per heavy atom. The molecule has 1 fully saturated rings. The van der Waals surface area contributed by atoms with Gasteiger partial charge in [0.05, 0.1) is 6.04 Å². The third kappa shape index (κ3) is 5.49. The Morgan fingerprint density at radius 3 is 2.72 bits per heavy atom. The third-order valence-corrected chi connectivity index (χ3v) is 3.21. The van der Waals surface area contributed by atoms with Crippen molar-refractivity contribution >= 4 is 11.8 Å². The smallest absolute Gasteiger partial charge is 0.237 e. The zero-order valence-corrected chi connectivity index (χ0v) is 11.4. The minimum absolute atomic E-state index is 0.00196. The summed E-state index contributed by atoms with van der Waals surface area (Å²) in [5.74, 6) is 0.613. The van der Waals surface area contributed by atoms with E-state index in [9.17, 15) is 9.59 Å². The van der Waals surface area contributed by atoms with Crippen molar-refractivity contribution in [3.8, 4) is 0 Å². The second kappa shape index (κ2) is 8.08. The molecular weight excluding hydrogens is 230 g/mol. The first-order chi connectivity index (χ1) is 8.63. The number of hydrogen-bond acceptors (Lipinski definition) is 3. The van der Waals surface area contributed by atoms with Crippen molar-refractivity contribution in [3.63, 3.8) is 0 Å². The zero-order valence-electron chi connectivity index (χ0n) is 11.4. The summed E-state index contributed by atoms with van der Waals surface area (Å²) < 4.78 is 0. The molecule has 0 saturated carbocycles. The second-order valence-electron chi connectivity index (χ2n) is 5.03. The van der Waals surface area contributed by atoms with Gasteiger partial charge in [0.15, 0.2) is 0 Å². The van der Waals surface area contributed by atoms with Crippen LogP contribution in [0.2, 0.25) is 0 Å². The Hall–Kier alpha value is -1.10. The number of carbonyl (C=O) groups excluding carboxylic acids is 2. The molecule has 1 rings (SSSR count). The van der Waals surface area contributed by atoms with Crippen molar-refractivity contribution in [3.05, 3.63) is 0 Å². The maximum atomic E-state index is 11.8. The molecule has 3 N–H and O–H groups in total. The molecule has 18 heavy (non-hydrogen) atoms. The first-order valence-corrected chi connectivity index (χ1v) is 6.91. The minimum atomic E-state index is -0.0903. The van der Waals surface area contributed by atoms with Crippen LogP contribution in [-0.4, -0.2) is 37.5 Å². The highest BCUT2D eigenvalue weighted by atomic mass is 16.2. The molecule has 2 unspecified atom stereocenters. The molecule has 2 amide bonds. The van der Waals surface area contributed by atoms with Crippen LogP contribution in [0.4, 0.5) is 0 Å². The molecule has 0 radical (unpaired) electrons. The van der Waals surface area contributed by atoms with Crippen molar-refractivity contribution < 1.29 is 9.59 Å². The highest BCUT2D eigenvalue weighted by Crippen LogP contribution is 2.14. The lowest BCUT2D eigenvalue weighted by molar-refractivity contribution is -0.124. The SMILES string of the molecule is CCCNC(=O)CCNC(=O)C1CC(C)CCN1. The summed E-state index contributed by atoms with van der Waals surface area (Å²) in [5.41, 5.74) is 0. The summed E-state index contributed by atoms with van der Waals surface area (Å²) in [7, 11) is 0. The first kappa shape index (κ1) is 15.0. The van der Waals surface area contributed by atoms with E-state index in [4.69, 9.17) is 0 Å². The van der Waals surface area contributed by atoms with Gasteiger partial charge in [-0.05, 0) is 31.7 Å². The van der Waals surface area contributed by atoms with Crippen molar-refractivity contribution in [2.75, 3.05) is 19.6 Å². The Bertz CT molecular complexity index is 281. The number of hydrogen-bond donors (Lipinski definition) is 3. The Balaban J connectivity index is 2.14. The van der Waals surface area contributed by atoms with E-state index in [1.807, 2.05) is 6.92 Å². The summed E-state index contributed by atoms with van der Waals surface area (Å²) in [6.07, 6.45) is 3.30. The number of carbonyl (C=O) groups is 2. The molecule has 1 aliphatic rings. The molecule has 0 aromatic heterocycles. The van der Waals surface area contributed by atoms with Gasteiger partial charge in [0.2, 0.25) is 11.8 Å². The van der Waals surface area contributed by atoms with E-state index >= 15 is 0 Å². The maximum Gasteiger partial charge on any atom is 0.237 e. The van der Waals surface area contributed by atoms with Gasteiger partial charge in [0.25, 0.3) is 0 Å². The number of piperidine rings is 1. The molecule has 5 heteroatoms. The van der Waals surface area contributed by atoms with Crippen molar-refractivity contribution in [2.24, 2.45) is 5.92 Å². The van der Waals surface area contributed by atoms with E-state index in [-0.39, 0.29) is 17.9 Å². The molecule has 2 atom stereocenters. The average Bonchev–Trinajstić information content (AvgIpc) is 2.36. The lowest BCUT2D eigenvalue weighted by Gasteiger charge is -2.27. The Kier molecular flexibility index (Phi) is 6.72. The van der Waals surface area contributed by atoms with Gasteiger partial charge in [-0.2, -0.15) is 0 Å². The van der Waals surface area contributed by atoms with Crippen LogP contribution >= 0.6 is 0 Å². The molecule has 104 valence electrons. The lowest BCUT2D eigenvalue weighted by atomic mass is 9.94. The number of amides is 2. The van der Waals surface area contributed by atoms with Crippen LogP contribution < -0.4 is 16.0 Å². The fraction of sp³-hybridized carbons (Fsp3) is 0.846. The first-order valence-electron chi connectivity index (χ1n) is 6.91. The number of nitrogens with one attached hydrogen (secondary N) is 3. The van der Waals surface area contributed by atoms with Gasteiger partial charge in [-0.3, -0.25) is 9.59 Å². The largest absolute Gasteiger partial charge is 0.356 e. The monoisotopic (exact) mass is 255 g/mol. The van der Waals surface area contributed by atoms with Crippen molar-refractivity contribution in [1.29, 1.82) is 0 Å². The fourth-order valence-electron chi connectivity index (χ4n) is 2.08. The van der Waals surface area contributed by atoms with E-state index in [2.05, 4.69) is 22.9 Å². The molecule has 0 aromatic carbocycles. The fourth-order valence-corrected chi connectivity index (χ4v) is 2.08. The molecule has 0 aromatic rings. The zero-order chi connectivity index (χ0) is 13.4. The van der Waals surface area contributed by atoms with E-state index in [0.29, 0.717) is 25.4 Å². The van der Waals surface area contributed by atoms with Crippen LogP contribution in [0.5, 0.6) is 0 Å². The van der Waals surface area contributed by atoms with E-state index in [1.54, 1.807) is 0 Å². The van der Waals surface area contributed by atoms with Crippen LogP contribution in [0.3, 0.4) is 0 Å². The van der Waals surface area contributed by atoms with Gasteiger partial charge in [-0.25, -0.2) is 0 Å². The summed E-state index contributed by atoms with van der Waals surface area (Å²) >= 11 is 0.